The molecule has 0 aromatic heterocycles. The van der Waals surface area contributed by atoms with E-state index in [2.05, 4.69) is 76.3 Å². The summed E-state index contributed by atoms with van der Waals surface area (Å²) in [5.41, 5.74) is 0. The number of unbranched alkanes of at least 4 members (excludes halogenated alkanes) is 42. The van der Waals surface area contributed by atoms with Crippen molar-refractivity contribution >= 4 is 39.5 Å². The third-order valence-electron chi connectivity index (χ3n) is 17.3. The maximum atomic E-state index is 13.1. The van der Waals surface area contributed by atoms with Gasteiger partial charge in [0.15, 0.2) is 12.2 Å². The van der Waals surface area contributed by atoms with Crippen molar-refractivity contribution in [2.75, 3.05) is 39.6 Å². The molecule has 0 bridgehead atoms. The highest BCUT2D eigenvalue weighted by molar-refractivity contribution is 7.47. The highest BCUT2D eigenvalue weighted by Gasteiger charge is 2.30. The van der Waals surface area contributed by atoms with E-state index in [1.165, 1.54) is 135 Å². The molecule has 0 rings (SSSR count). The molecule has 0 aromatic rings. The van der Waals surface area contributed by atoms with Crippen molar-refractivity contribution in [2.45, 2.75) is 393 Å². The van der Waals surface area contributed by atoms with Crippen molar-refractivity contribution in [2.24, 2.45) is 0 Å². The number of hydrogen-bond acceptors (Lipinski definition) is 15. The quantitative estimate of drug-likeness (QED) is 0.0169. The Hall–Kier alpha value is -2.98. The zero-order valence-corrected chi connectivity index (χ0v) is 64.5. The maximum Gasteiger partial charge on any atom is 0.472 e. The van der Waals surface area contributed by atoms with Crippen LogP contribution in [0.3, 0.4) is 0 Å². The zero-order valence-electron chi connectivity index (χ0n) is 62.7. The molecular weight excluding hydrogens is 1280 g/mol. The van der Waals surface area contributed by atoms with Gasteiger partial charge in [-0.2, -0.15) is 0 Å². The monoisotopic (exact) mass is 1430 g/mol. The number of hydrogen-bond donors (Lipinski definition) is 3. The van der Waals surface area contributed by atoms with Crippen LogP contribution in [0.5, 0.6) is 0 Å². The Morgan fingerprint density at radius 1 is 0.286 bits per heavy atom. The van der Waals surface area contributed by atoms with E-state index in [0.717, 1.165) is 161 Å². The minimum Gasteiger partial charge on any atom is -0.462 e. The van der Waals surface area contributed by atoms with Gasteiger partial charge in [0.25, 0.3) is 0 Å². The molecule has 0 aliphatic carbocycles. The second-order valence-corrected chi connectivity index (χ2v) is 29.9. The zero-order chi connectivity index (χ0) is 71.8. The molecule has 0 fully saturated rings. The minimum atomic E-state index is -4.97. The first-order chi connectivity index (χ1) is 47.7. The highest BCUT2D eigenvalue weighted by Crippen LogP contribution is 2.45. The van der Waals surface area contributed by atoms with Crippen LogP contribution < -0.4 is 0 Å². The second-order valence-electron chi connectivity index (χ2n) is 27.0. The average Bonchev–Trinajstić information content (AvgIpc) is 1.04. The van der Waals surface area contributed by atoms with Crippen molar-refractivity contribution < 1.29 is 80.2 Å². The van der Waals surface area contributed by atoms with Crippen molar-refractivity contribution in [3.05, 3.63) is 48.6 Å². The van der Waals surface area contributed by atoms with E-state index in [4.69, 9.17) is 37.0 Å². The number of phosphoric ester groups is 2. The SMILES string of the molecule is CCCCC/C=C\C/C=C\CCCCCCCC(=O)OC[C@H](COP(=O)(O)OCC(O)COP(=O)(O)OC[C@@H](COC(=O)CCCCCCCCC/C=C\CCCCCC)OC(=O)CCCCCCCCCCCCCCC)OC(=O)CCCCCCCCC/C=C\CCCCCC. The fraction of sp³-hybridized carbons (Fsp3) is 0.848. The van der Waals surface area contributed by atoms with Gasteiger partial charge in [-0.25, -0.2) is 9.13 Å². The van der Waals surface area contributed by atoms with Crippen LogP contribution in [0, 0.1) is 0 Å². The molecule has 0 aliphatic rings. The van der Waals surface area contributed by atoms with Crippen LogP contribution in [0.1, 0.15) is 374 Å². The predicted molar refractivity (Wildman–Crippen MR) is 400 cm³/mol. The molecule has 0 heterocycles. The summed E-state index contributed by atoms with van der Waals surface area (Å²) in [6.07, 6.45) is 69.4. The lowest BCUT2D eigenvalue weighted by Crippen LogP contribution is -2.30. The van der Waals surface area contributed by atoms with E-state index in [-0.39, 0.29) is 25.7 Å². The van der Waals surface area contributed by atoms with Crippen LogP contribution in [0.2, 0.25) is 0 Å². The highest BCUT2D eigenvalue weighted by atomic mass is 31.2. The number of rotatable bonds is 76. The first-order valence-electron chi connectivity index (χ1n) is 39.9. The van der Waals surface area contributed by atoms with Crippen molar-refractivity contribution in [1.82, 2.24) is 0 Å². The van der Waals surface area contributed by atoms with Crippen molar-refractivity contribution in [1.29, 1.82) is 0 Å². The molecule has 0 radical (unpaired) electrons. The summed E-state index contributed by atoms with van der Waals surface area (Å²) in [4.78, 5) is 72.9. The lowest BCUT2D eigenvalue weighted by molar-refractivity contribution is -0.161. The summed E-state index contributed by atoms with van der Waals surface area (Å²) >= 11 is 0. The Balaban J connectivity index is 5.32. The first-order valence-corrected chi connectivity index (χ1v) is 42.9. The molecule has 3 N–H and O–H groups in total. The molecule has 0 amide bonds. The summed E-state index contributed by atoms with van der Waals surface area (Å²) in [5, 5.41) is 10.6. The normalized spacial score (nSPS) is 14.2. The predicted octanol–water partition coefficient (Wildman–Crippen LogP) is 22.9. The Labute approximate surface area is 597 Å². The average molecular weight is 1430 g/mol. The summed E-state index contributed by atoms with van der Waals surface area (Å²) in [6.45, 7) is 4.88. The Morgan fingerprint density at radius 2 is 0.500 bits per heavy atom. The van der Waals surface area contributed by atoms with Gasteiger partial charge < -0.3 is 33.8 Å². The molecule has 5 atom stereocenters. The van der Waals surface area contributed by atoms with E-state index in [9.17, 15) is 43.2 Å². The Morgan fingerprint density at radius 3 is 0.796 bits per heavy atom. The van der Waals surface area contributed by atoms with E-state index in [0.29, 0.717) is 25.7 Å². The fourth-order valence-electron chi connectivity index (χ4n) is 11.1. The number of carbonyl (C=O) groups excluding carboxylic acids is 4. The molecule has 574 valence electrons. The van der Waals surface area contributed by atoms with Crippen molar-refractivity contribution in [3.8, 4) is 0 Å². The van der Waals surface area contributed by atoms with Gasteiger partial charge in [-0.1, -0.05) is 288 Å². The van der Waals surface area contributed by atoms with Crippen LogP contribution >= 0.6 is 15.6 Å². The molecule has 17 nitrogen and oxygen atoms in total. The van der Waals surface area contributed by atoms with Gasteiger partial charge in [0.1, 0.15) is 19.3 Å². The molecule has 0 saturated carbocycles. The van der Waals surface area contributed by atoms with E-state index in [1.807, 2.05) is 0 Å². The van der Waals surface area contributed by atoms with Gasteiger partial charge in [0.05, 0.1) is 26.4 Å². The van der Waals surface area contributed by atoms with Gasteiger partial charge in [-0.3, -0.25) is 37.3 Å². The number of esters is 4. The standard InChI is InChI=1S/C79H146O17P2/c1-5-9-13-17-21-25-29-33-36-40-43-47-51-55-59-63-76(81)89-69-74(95-78(83)65-61-57-53-49-45-39-32-28-24-20-16-12-8-4)71-93-97(85,86)91-67-73(80)68-92-98(87,88)94-72-75(96-79(84)66-62-58-54-50-46-42-38-35-31-27-23-19-15-11-7-3)70-90-77(82)64-60-56-52-48-44-41-37-34-30-26-22-18-14-10-6-2/h22,25-27,29,31,34,37,73-75,80H,5-21,23-24,28,30,32-33,35-36,38-72H2,1-4H3,(H,85,86)(H,87,88)/b26-22-,29-25-,31-27-,37-34-/t73?,74-,75-/m1/s1. The largest absolute Gasteiger partial charge is 0.472 e. The van der Waals surface area contributed by atoms with Gasteiger partial charge >= 0.3 is 39.5 Å². The lowest BCUT2D eigenvalue weighted by Gasteiger charge is -2.21. The number of ether oxygens (including phenoxy) is 4. The topological polar surface area (TPSA) is 237 Å². The van der Waals surface area contributed by atoms with Gasteiger partial charge in [-0.05, 0) is 109 Å². The summed E-state index contributed by atoms with van der Waals surface area (Å²) < 4.78 is 68.6. The number of aliphatic hydroxyl groups excluding tert-OH is 1. The van der Waals surface area contributed by atoms with E-state index in [1.54, 1.807) is 0 Å². The number of carbonyl (C=O) groups is 4. The Kier molecular flexibility index (Phi) is 70.2. The number of aliphatic hydroxyl groups is 1. The molecule has 19 heteroatoms. The Bertz CT molecular complexity index is 2050. The van der Waals surface area contributed by atoms with E-state index < -0.39 is 97.5 Å². The summed E-state index contributed by atoms with van der Waals surface area (Å²) in [6, 6.07) is 0. The van der Waals surface area contributed by atoms with Crippen LogP contribution in [0.25, 0.3) is 0 Å². The first kappa shape index (κ1) is 95.0. The van der Waals surface area contributed by atoms with Crippen molar-refractivity contribution in [3.63, 3.8) is 0 Å². The lowest BCUT2D eigenvalue weighted by atomic mass is 10.0. The molecular formula is C79H146O17P2. The molecule has 3 unspecified atom stereocenters. The number of phosphoric acid groups is 2. The third kappa shape index (κ3) is 71.4. The summed E-state index contributed by atoms with van der Waals surface area (Å²) in [5.74, 6) is -2.16. The van der Waals surface area contributed by atoms with Crippen LogP contribution in [-0.2, 0) is 65.4 Å². The molecule has 0 saturated heterocycles. The summed E-state index contributed by atoms with van der Waals surface area (Å²) in [7, 11) is -9.94. The van der Waals surface area contributed by atoms with Crippen LogP contribution in [-0.4, -0.2) is 96.7 Å². The van der Waals surface area contributed by atoms with Crippen LogP contribution in [0.4, 0.5) is 0 Å². The smallest absolute Gasteiger partial charge is 0.462 e. The van der Waals surface area contributed by atoms with Gasteiger partial charge in [-0.15, -0.1) is 0 Å². The maximum absolute atomic E-state index is 13.1. The molecule has 0 spiro atoms. The second kappa shape index (κ2) is 72.4. The molecule has 0 aromatic carbocycles. The van der Waals surface area contributed by atoms with Gasteiger partial charge in [0, 0.05) is 25.7 Å². The van der Waals surface area contributed by atoms with Gasteiger partial charge in [0.2, 0.25) is 0 Å². The third-order valence-corrected chi connectivity index (χ3v) is 19.2. The van der Waals surface area contributed by atoms with E-state index >= 15 is 0 Å². The molecule has 98 heavy (non-hydrogen) atoms. The molecule has 0 aliphatic heterocycles. The number of allylic oxidation sites excluding steroid dienone is 8. The fourth-order valence-corrected chi connectivity index (χ4v) is 12.7. The van der Waals surface area contributed by atoms with Crippen LogP contribution in [0.15, 0.2) is 48.6 Å². The minimum absolute atomic E-state index is 0.0919.